The molecule has 0 aliphatic carbocycles. The van der Waals surface area contributed by atoms with Gasteiger partial charge in [0.05, 0.1) is 24.8 Å². The first kappa shape index (κ1) is 20.3. The number of nitro groups is 1. The quantitative estimate of drug-likeness (QED) is 0.455. The van der Waals surface area contributed by atoms with Crippen LogP contribution in [0.4, 0.5) is 5.69 Å². The third-order valence-corrected chi connectivity index (χ3v) is 3.06. The summed E-state index contributed by atoms with van der Waals surface area (Å²) in [5, 5.41) is 24.2. The molecule has 0 saturated carbocycles. The number of ether oxygens (including phenoxy) is 2. The SMILES string of the molecule is CC.COc1nc(C)ncc1-n1nc(OCCCO)c([N+](=O)[O-])c1C. The number of hydrogen-bond donors (Lipinski definition) is 1. The Morgan fingerprint density at radius 2 is 2.00 bits per heavy atom. The zero-order chi connectivity index (χ0) is 19.0. The third-order valence-electron chi connectivity index (χ3n) is 3.06. The van der Waals surface area contributed by atoms with E-state index in [0.717, 1.165) is 0 Å². The lowest BCUT2D eigenvalue weighted by molar-refractivity contribution is -0.386. The molecule has 0 aliphatic heterocycles. The fourth-order valence-corrected chi connectivity index (χ4v) is 1.98. The summed E-state index contributed by atoms with van der Waals surface area (Å²) in [6.45, 7) is 7.29. The molecular weight excluding hydrogens is 330 g/mol. The van der Waals surface area contributed by atoms with Crippen LogP contribution in [0.2, 0.25) is 0 Å². The highest BCUT2D eigenvalue weighted by atomic mass is 16.6. The van der Waals surface area contributed by atoms with E-state index in [1.807, 2.05) is 13.8 Å². The summed E-state index contributed by atoms with van der Waals surface area (Å²) in [5.41, 5.74) is 0.390. The van der Waals surface area contributed by atoms with Gasteiger partial charge in [0.1, 0.15) is 17.2 Å². The zero-order valence-electron chi connectivity index (χ0n) is 15.0. The van der Waals surface area contributed by atoms with Crippen LogP contribution in [0.25, 0.3) is 5.69 Å². The maximum absolute atomic E-state index is 11.3. The first-order chi connectivity index (χ1) is 12.0. The van der Waals surface area contributed by atoms with Crippen molar-refractivity contribution in [3.8, 4) is 17.4 Å². The second-order valence-corrected chi connectivity index (χ2v) is 4.65. The van der Waals surface area contributed by atoms with Crippen LogP contribution in [0.1, 0.15) is 31.8 Å². The second kappa shape index (κ2) is 9.52. The van der Waals surface area contributed by atoms with E-state index in [-0.39, 0.29) is 36.4 Å². The lowest BCUT2D eigenvalue weighted by Crippen LogP contribution is -2.06. The van der Waals surface area contributed by atoms with Crippen LogP contribution in [0.3, 0.4) is 0 Å². The minimum Gasteiger partial charge on any atom is -0.479 e. The van der Waals surface area contributed by atoms with Gasteiger partial charge in [-0.2, -0.15) is 4.98 Å². The molecular formula is C15H23N5O5. The molecule has 0 radical (unpaired) electrons. The molecule has 2 rings (SSSR count). The first-order valence-electron chi connectivity index (χ1n) is 7.85. The number of aliphatic hydroxyl groups is 1. The highest BCUT2D eigenvalue weighted by molar-refractivity contribution is 5.51. The van der Waals surface area contributed by atoms with Crippen molar-refractivity contribution in [1.29, 1.82) is 0 Å². The average Bonchev–Trinajstić information content (AvgIpc) is 2.93. The van der Waals surface area contributed by atoms with Gasteiger partial charge in [-0.05, 0) is 13.8 Å². The van der Waals surface area contributed by atoms with Crippen molar-refractivity contribution in [3.63, 3.8) is 0 Å². The maximum atomic E-state index is 11.3. The van der Waals surface area contributed by atoms with Crippen molar-refractivity contribution in [2.24, 2.45) is 0 Å². The Labute approximate surface area is 145 Å². The van der Waals surface area contributed by atoms with Gasteiger partial charge in [0.15, 0.2) is 0 Å². The van der Waals surface area contributed by atoms with E-state index in [0.29, 0.717) is 17.9 Å². The molecule has 0 amide bonds. The molecule has 0 fully saturated rings. The van der Waals surface area contributed by atoms with E-state index < -0.39 is 4.92 Å². The monoisotopic (exact) mass is 353 g/mol. The number of rotatable bonds is 7. The lowest BCUT2D eigenvalue weighted by Gasteiger charge is -2.08. The van der Waals surface area contributed by atoms with Crippen LogP contribution in [0, 0.1) is 24.0 Å². The number of nitrogens with zero attached hydrogens (tertiary/aromatic N) is 5. The Morgan fingerprint density at radius 1 is 1.32 bits per heavy atom. The zero-order valence-corrected chi connectivity index (χ0v) is 15.0. The van der Waals surface area contributed by atoms with E-state index in [2.05, 4.69) is 15.1 Å². The Balaban J connectivity index is 0.00000151. The first-order valence-corrected chi connectivity index (χ1v) is 7.85. The molecule has 2 aromatic rings. The molecule has 0 spiro atoms. The molecule has 0 unspecified atom stereocenters. The molecule has 0 bridgehead atoms. The van der Waals surface area contributed by atoms with Gasteiger partial charge in [0.25, 0.3) is 0 Å². The molecule has 138 valence electrons. The molecule has 0 aromatic carbocycles. The summed E-state index contributed by atoms with van der Waals surface area (Å²) < 4.78 is 11.8. The molecule has 0 aliphatic rings. The number of aryl methyl sites for hydroxylation is 1. The normalized spacial score (nSPS) is 10.0. The van der Waals surface area contributed by atoms with Gasteiger partial charge < -0.3 is 14.6 Å². The molecule has 2 heterocycles. The van der Waals surface area contributed by atoms with Crippen molar-refractivity contribution in [3.05, 3.63) is 27.8 Å². The minimum absolute atomic E-state index is 0.0763. The largest absolute Gasteiger partial charge is 0.479 e. The lowest BCUT2D eigenvalue weighted by atomic mass is 10.3. The summed E-state index contributed by atoms with van der Waals surface area (Å²) in [4.78, 5) is 18.9. The highest BCUT2D eigenvalue weighted by Gasteiger charge is 2.28. The van der Waals surface area contributed by atoms with Gasteiger partial charge in [0, 0.05) is 13.0 Å². The molecule has 1 N–H and O–H groups in total. The predicted molar refractivity (Wildman–Crippen MR) is 90.4 cm³/mol. The van der Waals surface area contributed by atoms with E-state index in [1.54, 1.807) is 13.8 Å². The predicted octanol–water partition coefficient (Wildman–Crippen LogP) is 1.98. The standard InChI is InChI=1S/C13H17N5O5.C2H6/c1-8-11(18(20)21)13(23-6-4-5-19)16-17(8)10-7-14-9(2)15-12(10)22-3;1-2/h7,19H,4-6H2,1-3H3;1-2H3. The Bertz CT molecular complexity index is 717. The third kappa shape index (κ3) is 4.63. The number of hydrogen-bond acceptors (Lipinski definition) is 8. The summed E-state index contributed by atoms with van der Waals surface area (Å²) in [6, 6.07) is 0. The van der Waals surface area contributed by atoms with Gasteiger partial charge in [-0.1, -0.05) is 13.8 Å². The molecule has 10 nitrogen and oxygen atoms in total. The second-order valence-electron chi connectivity index (χ2n) is 4.65. The summed E-state index contributed by atoms with van der Waals surface area (Å²) in [5.74, 6) is 0.632. The topological polar surface area (TPSA) is 125 Å². The van der Waals surface area contributed by atoms with Gasteiger partial charge >= 0.3 is 11.6 Å². The van der Waals surface area contributed by atoms with Gasteiger partial charge in [0.2, 0.25) is 5.88 Å². The molecule has 0 atom stereocenters. The molecule has 10 heteroatoms. The number of aliphatic hydroxyl groups excluding tert-OH is 1. The maximum Gasteiger partial charge on any atom is 0.353 e. The fraction of sp³-hybridized carbons (Fsp3) is 0.533. The summed E-state index contributed by atoms with van der Waals surface area (Å²) >= 11 is 0. The Hall–Kier alpha value is -2.75. The molecule has 25 heavy (non-hydrogen) atoms. The fourth-order valence-electron chi connectivity index (χ4n) is 1.98. The van der Waals surface area contributed by atoms with Crippen LogP contribution < -0.4 is 9.47 Å². The van der Waals surface area contributed by atoms with Crippen molar-refractivity contribution >= 4 is 5.69 Å². The van der Waals surface area contributed by atoms with Crippen LogP contribution >= 0.6 is 0 Å². The van der Waals surface area contributed by atoms with Crippen LogP contribution in [0.15, 0.2) is 6.20 Å². The van der Waals surface area contributed by atoms with Crippen molar-refractivity contribution in [1.82, 2.24) is 19.7 Å². The number of methoxy groups -OCH3 is 1. The Kier molecular flexibility index (Phi) is 7.73. The van der Waals surface area contributed by atoms with Gasteiger partial charge in [-0.25, -0.2) is 9.67 Å². The van der Waals surface area contributed by atoms with Crippen LogP contribution in [-0.4, -0.2) is 50.1 Å². The van der Waals surface area contributed by atoms with Crippen molar-refractivity contribution in [2.45, 2.75) is 34.1 Å². The average molecular weight is 353 g/mol. The van der Waals surface area contributed by atoms with Crippen LogP contribution in [-0.2, 0) is 0 Å². The highest BCUT2D eigenvalue weighted by Crippen LogP contribution is 2.33. The van der Waals surface area contributed by atoms with E-state index in [4.69, 9.17) is 14.6 Å². The van der Waals surface area contributed by atoms with Crippen LogP contribution in [0.5, 0.6) is 11.8 Å². The molecule has 0 saturated heterocycles. The number of aromatic nitrogens is 4. The van der Waals surface area contributed by atoms with E-state index in [1.165, 1.54) is 18.0 Å². The summed E-state index contributed by atoms with van der Waals surface area (Å²) in [7, 11) is 1.44. The molecule has 2 aromatic heterocycles. The minimum atomic E-state index is -0.561. The Morgan fingerprint density at radius 3 is 2.56 bits per heavy atom. The van der Waals surface area contributed by atoms with E-state index in [9.17, 15) is 10.1 Å². The van der Waals surface area contributed by atoms with Crippen molar-refractivity contribution < 1.29 is 19.5 Å². The van der Waals surface area contributed by atoms with Gasteiger partial charge in [-0.15, -0.1) is 5.10 Å². The summed E-state index contributed by atoms with van der Waals surface area (Å²) in [6.07, 6.45) is 1.82. The smallest absolute Gasteiger partial charge is 0.353 e. The van der Waals surface area contributed by atoms with Gasteiger partial charge in [-0.3, -0.25) is 10.1 Å². The van der Waals surface area contributed by atoms with Crippen molar-refractivity contribution in [2.75, 3.05) is 20.3 Å². The van der Waals surface area contributed by atoms with E-state index >= 15 is 0 Å².